The van der Waals surface area contributed by atoms with E-state index in [0.29, 0.717) is 0 Å². The molecule has 0 aromatic carbocycles. The predicted molar refractivity (Wildman–Crippen MR) is 77.8 cm³/mol. The Balaban J connectivity index is 1.85. The molecule has 0 bridgehead atoms. The highest BCUT2D eigenvalue weighted by Crippen LogP contribution is 2.32. The minimum Gasteiger partial charge on any atom is -0.297 e. The van der Waals surface area contributed by atoms with Crippen molar-refractivity contribution in [3.05, 3.63) is 23.8 Å². The maximum atomic E-state index is 4.44. The lowest BCUT2D eigenvalue weighted by molar-refractivity contribution is 0.235. The summed E-state index contributed by atoms with van der Waals surface area (Å²) in [7, 11) is 2.21. The Bertz CT molecular complexity index is 366. The summed E-state index contributed by atoms with van der Waals surface area (Å²) in [6.45, 7) is 5.15. The molecule has 3 nitrogen and oxygen atoms in total. The van der Waals surface area contributed by atoms with E-state index in [4.69, 9.17) is 0 Å². The van der Waals surface area contributed by atoms with Crippen LogP contribution in [-0.4, -0.2) is 39.0 Å². The second kappa shape index (κ2) is 6.53. The lowest BCUT2D eigenvalue weighted by Crippen LogP contribution is -2.29. The number of nitrogens with zero attached hydrogens (tertiary/aromatic N) is 3. The maximum Gasteiger partial charge on any atom is 0.0727 e. The van der Waals surface area contributed by atoms with Crippen molar-refractivity contribution in [3.63, 3.8) is 0 Å². The van der Waals surface area contributed by atoms with Crippen molar-refractivity contribution in [2.75, 3.05) is 12.8 Å². The van der Waals surface area contributed by atoms with Gasteiger partial charge in [-0.3, -0.25) is 14.9 Å². The minimum absolute atomic E-state index is 0.720. The van der Waals surface area contributed by atoms with Crippen molar-refractivity contribution in [2.45, 2.75) is 50.9 Å². The van der Waals surface area contributed by atoms with E-state index < -0.39 is 0 Å². The van der Waals surface area contributed by atoms with Crippen molar-refractivity contribution < 1.29 is 0 Å². The van der Waals surface area contributed by atoms with Crippen LogP contribution in [0.3, 0.4) is 0 Å². The summed E-state index contributed by atoms with van der Waals surface area (Å²) >= 11 is 2.11. The van der Waals surface area contributed by atoms with Gasteiger partial charge >= 0.3 is 0 Å². The first kappa shape index (κ1) is 13.8. The molecular weight excluding hydrogens is 242 g/mol. The van der Waals surface area contributed by atoms with Crippen LogP contribution in [0.2, 0.25) is 0 Å². The van der Waals surface area contributed by atoms with E-state index in [1.165, 1.54) is 25.0 Å². The lowest BCUT2D eigenvalue weighted by atomic mass is 10.2. The van der Waals surface area contributed by atoms with Gasteiger partial charge < -0.3 is 0 Å². The largest absolute Gasteiger partial charge is 0.297 e. The van der Waals surface area contributed by atoms with Crippen LogP contribution in [0.25, 0.3) is 0 Å². The molecule has 1 aliphatic carbocycles. The van der Waals surface area contributed by atoms with Gasteiger partial charge in [-0.25, -0.2) is 0 Å². The number of rotatable bonds is 5. The van der Waals surface area contributed by atoms with Crippen LogP contribution >= 0.6 is 11.8 Å². The quantitative estimate of drug-likeness (QED) is 0.818. The molecule has 100 valence electrons. The number of thioether (sulfide) groups is 1. The van der Waals surface area contributed by atoms with E-state index >= 15 is 0 Å². The normalized spacial score (nSPS) is 23.8. The molecule has 2 rings (SSSR count). The van der Waals surface area contributed by atoms with Gasteiger partial charge in [-0.05, 0) is 39.0 Å². The van der Waals surface area contributed by atoms with Crippen molar-refractivity contribution in [1.29, 1.82) is 0 Å². The van der Waals surface area contributed by atoms with Crippen LogP contribution in [0.4, 0.5) is 0 Å². The third kappa shape index (κ3) is 3.69. The third-order valence-electron chi connectivity index (χ3n) is 3.63. The average Bonchev–Trinajstić information content (AvgIpc) is 2.81. The van der Waals surface area contributed by atoms with Gasteiger partial charge in [0.2, 0.25) is 0 Å². The second-order valence-electron chi connectivity index (χ2n) is 5.11. The van der Waals surface area contributed by atoms with Crippen LogP contribution in [0, 0.1) is 6.92 Å². The number of aryl methyl sites for hydroxylation is 1. The molecule has 2 atom stereocenters. The molecule has 0 unspecified atom stereocenters. The molecule has 0 spiro atoms. The summed E-state index contributed by atoms with van der Waals surface area (Å²) in [4.78, 5) is 11.2. The Morgan fingerprint density at radius 3 is 2.83 bits per heavy atom. The zero-order valence-corrected chi connectivity index (χ0v) is 12.4. The van der Waals surface area contributed by atoms with Gasteiger partial charge in [0.1, 0.15) is 0 Å². The summed E-state index contributed by atoms with van der Waals surface area (Å²) in [5, 5.41) is 0.867. The molecule has 0 saturated heterocycles. The minimum atomic E-state index is 0.720. The molecule has 1 heterocycles. The average molecular weight is 265 g/mol. The van der Waals surface area contributed by atoms with E-state index in [-0.39, 0.29) is 0 Å². The van der Waals surface area contributed by atoms with E-state index in [9.17, 15) is 0 Å². The Kier molecular flexibility index (Phi) is 5.01. The topological polar surface area (TPSA) is 29.0 Å². The Morgan fingerprint density at radius 1 is 1.33 bits per heavy atom. The molecule has 0 radical (unpaired) electrons. The Hall–Kier alpha value is -0.610. The van der Waals surface area contributed by atoms with Crippen LogP contribution in [-0.2, 0) is 6.54 Å². The molecule has 0 amide bonds. The third-order valence-corrected chi connectivity index (χ3v) is 4.86. The van der Waals surface area contributed by atoms with E-state index in [0.717, 1.165) is 29.2 Å². The van der Waals surface area contributed by atoms with Gasteiger partial charge in [-0.1, -0.05) is 6.92 Å². The molecule has 0 N–H and O–H groups in total. The molecule has 1 aliphatic rings. The fourth-order valence-corrected chi connectivity index (χ4v) is 3.72. The van der Waals surface area contributed by atoms with Crippen LogP contribution < -0.4 is 0 Å². The molecule has 0 aliphatic heterocycles. The fourth-order valence-electron chi connectivity index (χ4n) is 2.59. The van der Waals surface area contributed by atoms with E-state index in [1.807, 2.05) is 19.3 Å². The monoisotopic (exact) mass is 265 g/mol. The first-order valence-electron chi connectivity index (χ1n) is 6.78. The van der Waals surface area contributed by atoms with E-state index in [1.54, 1.807) is 0 Å². The molecule has 1 aromatic heterocycles. The summed E-state index contributed by atoms with van der Waals surface area (Å²) < 4.78 is 0. The van der Waals surface area contributed by atoms with Crippen molar-refractivity contribution in [2.24, 2.45) is 0 Å². The maximum absolute atomic E-state index is 4.44. The first-order valence-corrected chi connectivity index (χ1v) is 7.83. The molecule has 4 heteroatoms. The number of hydrogen-bond acceptors (Lipinski definition) is 4. The van der Waals surface area contributed by atoms with Gasteiger partial charge in [0.15, 0.2) is 0 Å². The molecule has 1 fully saturated rings. The highest BCUT2D eigenvalue weighted by atomic mass is 32.2. The van der Waals surface area contributed by atoms with Crippen LogP contribution in [0.5, 0.6) is 0 Å². The van der Waals surface area contributed by atoms with Crippen molar-refractivity contribution in [1.82, 2.24) is 14.9 Å². The smallest absolute Gasteiger partial charge is 0.0727 e. The van der Waals surface area contributed by atoms with Gasteiger partial charge in [0, 0.05) is 30.2 Å². The first-order chi connectivity index (χ1) is 8.69. The molecule has 1 saturated carbocycles. The van der Waals surface area contributed by atoms with Gasteiger partial charge in [0.05, 0.1) is 11.4 Å². The number of hydrogen-bond donors (Lipinski definition) is 0. The highest BCUT2D eigenvalue weighted by Gasteiger charge is 2.27. The number of aromatic nitrogens is 2. The van der Waals surface area contributed by atoms with Crippen molar-refractivity contribution >= 4 is 11.8 Å². The fraction of sp³-hybridized carbons (Fsp3) is 0.714. The zero-order chi connectivity index (χ0) is 13.0. The van der Waals surface area contributed by atoms with Crippen LogP contribution in [0.15, 0.2) is 12.4 Å². The second-order valence-corrected chi connectivity index (χ2v) is 6.69. The standard InChI is InChI=1S/C14H23N3S/c1-4-18-14-6-5-13(7-14)17(3)10-12-9-15-11(2)8-16-12/h8-9,13-14H,4-7,10H2,1-3H3/t13-,14-/m1/s1. The molecule has 1 aromatic rings. The van der Waals surface area contributed by atoms with Gasteiger partial charge in [-0.15, -0.1) is 0 Å². The molecular formula is C14H23N3S. The molecule has 18 heavy (non-hydrogen) atoms. The lowest BCUT2D eigenvalue weighted by Gasteiger charge is -2.23. The zero-order valence-electron chi connectivity index (χ0n) is 11.6. The van der Waals surface area contributed by atoms with Crippen molar-refractivity contribution in [3.8, 4) is 0 Å². The predicted octanol–water partition coefficient (Wildman–Crippen LogP) is 2.89. The SMILES string of the molecule is CCS[C@@H]1CC[C@@H](N(C)Cc2cnc(C)cn2)C1. The Morgan fingerprint density at radius 2 is 2.17 bits per heavy atom. The summed E-state index contributed by atoms with van der Waals surface area (Å²) in [5.41, 5.74) is 2.07. The van der Waals surface area contributed by atoms with Gasteiger partial charge in [0.25, 0.3) is 0 Å². The van der Waals surface area contributed by atoms with Gasteiger partial charge in [-0.2, -0.15) is 11.8 Å². The summed E-state index contributed by atoms with van der Waals surface area (Å²) in [6.07, 6.45) is 7.78. The summed E-state index contributed by atoms with van der Waals surface area (Å²) in [5.74, 6) is 1.24. The van der Waals surface area contributed by atoms with E-state index in [2.05, 4.69) is 40.6 Å². The highest BCUT2D eigenvalue weighted by molar-refractivity contribution is 7.99. The Labute approximate surface area is 114 Å². The van der Waals surface area contributed by atoms with Crippen LogP contribution in [0.1, 0.15) is 37.6 Å². The summed E-state index contributed by atoms with van der Waals surface area (Å²) in [6, 6.07) is 0.720.